The normalized spacial score (nSPS) is 11.3. The Morgan fingerprint density at radius 2 is 1.67 bits per heavy atom. The maximum atomic E-state index is 11.8. The number of pyridine rings is 1. The highest BCUT2D eigenvalue weighted by Gasteiger charge is 2.15. The number of benzene rings is 2. The van der Waals surface area contributed by atoms with Crippen molar-refractivity contribution < 1.29 is 9.53 Å². The quantitative estimate of drug-likeness (QED) is 0.738. The standard InChI is InChI=1S/C20H20N2O2/c1-20(2,3)22-19(23)24-16-11-8-15(9-12-16)18-13-10-14-6-4-5-7-17(14)21-18/h4-13H,1-3H3,(H,22,23). The van der Waals surface area contributed by atoms with E-state index < -0.39 is 6.09 Å². The Hall–Kier alpha value is -2.88. The number of fused-ring (bicyclic) bond motifs is 1. The largest absolute Gasteiger partial charge is 0.413 e. The van der Waals surface area contributed by atoms with E-state index in [2.05, 4.69) is 16.4 Å². The number of carbonyl (C=O) groups excluding carboxylic acids is 1. The summed E-state index contributed by atoms with van der Waals surface area (Å²) in [7, 11) is 0. The second kappa shape index (κ2) is 6.32. The van der Waals surface area contributed by atoms with Gasteiger partial charge < -0.3 is 10.1 Å². The number of ether oxygens (including phenoxy) is 1. The monoisotopic (exact) mass is 320 g/mol. The van der Waals surface area contributed by atoms with E-state index >= 15 is 0 Å². The van der Waals surface area contributed by atoms with Crippen LogP contribution in [0.15, 0.2) is 60.7 Å². The molecule has 3 aromatic rings. The first-order valence-electron chi connectivity index (χ1n) is 7.87. The lowest BCUT2D eigenvalue weighted by molar-refractivity contribution is 0.190. The number of amides is 1. The van der Waals surface area contributed by atoms with Gasteiger partial charge in [-0.25, -0.2) is 9.78 Å². The van der Waals surface area contributed by atoms with Crippen molar-refractivity contribution in [3.05, 3.63) is 60.7 Å². The first kappa shape index (κ1) is 16.0. The van der Waals surface area contributed by atoms with Gasteiger partial charge in [-0.05, 0) is 57.2 Å². The van der Waals surface area contributed by atoms with Gasteiger partial charge in [0.05, 0.1) is 11.2 Å². The van der Waals surface area contributed by atoms with Crippen LogP contribution in [-0.4, -0.2) is 16.6 Å². The first-order chi connectivity index (χ1) is 11.4. The van der Waals surface area contributed by atoms with Crippen molar-refractivity contribution in [3.63, 3.8) is 0 Å². The molecule has 24 heavy (non-hydrogen) atoms. The number of aromatic nitrogens is 1. The van der Waals surface area contributed by atoms with Crippen LogP contribution in [0.25, 0.3) is 22.2 Å². The minimum absolute atomic E-state index is 0.327. The van der Waals surface area contributed by atoms with Gasteiger partial charge >= 0.3 is 6.09 Å². The molecule has 4 heteroatoms. The molecular weight excluding hydrogens is 300 g/mol. The topological polar surface area (TPSA) is 51.2 Å². The van der Waals surface area contributed by atoms with Gasteiger partial charge in [0, 0.05) is 16.5 Å². The third-order valence-electron chi connectivity index (χ3n) is 3.44. The summed E-state index contributed by atoms with van der Waals surface area (Å²) in [4.78, 5) is 16.4. The molecule has 0 saturated carbocycles. The molecule has 1 aromatic heterocycles. The lowest BCUT2D eigenvalue weighted by Gasteiger charge is -2.19. The van der Waals surface area contributed by atoms with Gasteiger partial charge in [-0.15, -0.1) is 0 Å². The maximum Gasteiger partial charge on any atom is 0.413 e. The van der Waals surface area contributed by atoms with Gasteiger partial charge in [-0.2, -0.15) is 0 Å². The molecular formula is C20H20N2O2. The van der Waals surface area contributed by atoms with Crippen LogP contribution in [0.2, 0.25) is 0 Å². The van der Waals surface area contributed by atoms with Crippen LogP contribution < -0.4 is 10.1 Å². The van der Waals surface area contributed by atoms with Gasteiger partial charge in [0.25, 0.3) is 0 Å². The van der Waals surface area contributed by atoms with Gasteiger partial charge in [-0.3, -0.25) is 0 Å². The third kappa shape index (κ3) is 3.90. The van der Waals surface area contributed by atoms with Crippen LogP contribution in [0.1, 0.15) is 20.8 Å². The maximum absolute atomic E-state index is 11.8. The number of hydrogen-bond acceptors (Lipinski definition) is 3. The van der Waals surface area contributed by atoms with E-state index in [4.69, 9.17) is 4.74 Å². The van der Waals surface area contributed by atoms with E-state index in [9.17, 15) is 4.79 Å². The first-order valence-corrected chi connectivity index (χ1v) is 7.87. The third-order valence-corrected chi connectivity index (χ3v) is 3.44. The zero-order valence-electron chi connectivity index (χ0n) is 14.0. The van der Waals surface area contributed by atoms with Crippen LogP contribution in [0.4, 0.5) is 4.79 Å². The van der Waals surface area contributed by atoms with Gasteiger partial charge in [0.2, 0.25) is 0 Å². The molecule has 1 N–H and O–H groups in total. The van der Waals surface area contributed by atoms with Crippen LogP contribution >= 0.6 is 0 Å². The summed E-state index contributed by atoms with van der Waals surface area (Å²) in [5.41, 5.74) is 2.50. The number of nitrogens with one attached hydrogen (secondary N) is 1. The van der Waals surface area contributed by atoms with Crippen molar-refractivity contribution in [1.82, 2.24) is 10.3 Å². The van der Waals surface area contributed by atoms with E-state index in [1.807, 2.05) is 63.2 Å². The number of nitrogens with zero attached hydrogens (tertiary/aromatic N) is 1. The Labute approximate surface area is 141 Å². The fourth-order valence-electron chi connectivity index (χ4n) is 2.36. The molecule has 122 valence electrons. The fraction of sp³-hybridized carbons (Fsp3) is 0.200. The second-order valence-corrected chi connectivity index (χ2v) is 6.68. The molecule has 0 aliphatic heterocycles. The number of rotatable bonds is 2. The highest BCUT2D eigenvalue weighted by atomic mass is 16.6. The van der Waals surface area contributed by atoms with Crippen LogP contribution in [0.5, 0.6) is 5.75 Å². The van der Waals surface area contributed by atoms with Gasteiger partial charge in [0.15, 0.2) is 0 Å². The van der Waals surface area contributed by atoms with Crippen molar-refractivity contribution in [2.75, 3.05) is 0 Å². The van der Waals surface area contributed by atoms with Crippen LogP contribution in [-0.2, 0) is 0 Å². The van der Waals surface area contributed by atoms with E-state index in [1.165, 1.54) is 0 Å². The minimum Gasteiger partial charge on any atom is -0.410 e. The van der Waals surface area contributed by atoms with Gasteiger partial charge in [-0.1, -0.05) is 24.3 Å². The average molecular weight is 320 g/mol. The fourth-order valence-corrected chi connectivity index (χ4v) is 2.36. The van der Waals surface area contributed by atoms with E-state index in [-0.39, 0.29) is 5.54 Å². The van der Waals surface area contributed by atoms with Crippen molar-refractivity contribution in [3.8, 4) is 17.0 Å². The van der Waals surface area contributed by atoms with Crippen LogP contribution in [0.3, 0.4) is 0 Å². The molecule has 0 aliphatic carbocycles. The zero-order chi connectivity index (χ0) is 17.2. The summed E-state index contributed by atoms with van der Waals surface area (Å²) in [5, 5.41) is 3.87. The molecule has 0 bridgehead atoms. The van der Waals surface area contributed by atoms with Crippen molar-refractivity contribution in [2.45, 2.75) is 26.3 Å². The predicted molar refractivity (Wildman–Crippen MR) is 96.1 cm³/mol. The van der Waals surface area contributed by atoms with Crippen LogP contribution in [0, 0.1) is 0 Å². The Bertz CT molecular complexity index is 865. The highest BCUT2D eigenvalue weighted by Crippen LogP contribution is 2.23. The molecule has 0 saturated heterocycles. The minimum atomic E-state index is -0.459. The molecule has 1 amide bonds. The van der Waals surface area contributed by atoms with Crippen molar-refractivity contribution in [2.24, 2.45) is 0 Å². The SMILES string of the molecule is CC(C)(C)NC(=O)Oc1ccc(-c2ccc3ccccc3n2)cc1. The number of hydrogen-bond donors (Lipinski definition) is 1. The van der Waals surface area contributed by atoms with Crippen molar-refractivity contribution in [1.29, 1.82) is 0 Å². The molecule has 3 rings (SSSR count). The Morgan fingerprint density at radius 3 is 2.38 bits per heavy atom. The zero-order valence-corrected chi connectivity index (χ0v) is 14.0. The number of para-hydroxylation sites is 1. The average Bonchev–Trinajstić information content (AvgIpc) is 2.53. The summed E-state index contributed by atoms with van der Waals surface area (Å²) in [6, 6.07) is 19.4. The Balaban J connectivity index is 1.77. The lowest BCUT2D eigenvalue weighted by atomic mass is 10.1. The molecule has 0 unspecified atom stereocenters. The summed E-state index contributed by atoms with van der Waals surface area (Å²) < 4.78 is 5.28. The van der Waals surface area contributed by atoms with E-state index in [1.54, 1.807) is 12.1 Å². The van der Waals surface area contributed by atoms with Gasteiger partial charge in [0.1, 0.15) is 5.75 Å². The Morgan fingerprint density at radius 1 is 0.958 bits per heavy atom. The second-order valence-electron chi connectivity index (χ2n) is 6.68. The molecule has 0 radical (unpaired) electrons. The lowest BCUT2D eigenvalue weighted by Crippen LogP contribution is -2.42. The molecule has 0 fully saturated rings. The number of carbonyl (C=O) groups is 1. The molecule has 0 spiro atoms. The summed E-state index contributed by atoms with van der Waals surface area (Å²) in [6.45, 7) is 5.72. The summed E-state index contributed by atoms with van der Waals surface area (Å²) in [6.07, 6.45) is -0.459. The van der Waals surface area contributed by atoms with E-state index in [0.717, 1.165) is 22.2 Å². The summed E-state index contributed by atoms with van der Waals surface area (Å²) in [5.74, 6) is 0.501. The molecule has 0 aliphatic rings. The molecule has 0 atom stereocenters. The highest BCUT2D eigenvalue weighted by molar-refractivity contribution is 5.81. The Kier molecular flexibility index (Phi) is 4.21. The molecule has 2 aromatic carbocycles. The molecule has 1 heterocycles. The smallest absolute Gasteiger partial charge is 0.410 e. The van der Waals surface area contributed by atoms with E-state index in [0.29, 0.717) is 5.75 Å². The molecule has 4 nitrogen and oxygen atoms in total. The summed E-state index contributed by atoms with van der Waals surface area (Å²) >= 11 is 0. The van der Waals surface area contributed by atoms with Crippen molar-refractivity contribution >= 4 is 17.0 Å². The predicted octanol–water partition coefficient (Wildman–Crippen LogP) is 4.79.